The third-order valence-electron chi connectivity index (χ3n) is 2.70. The molecule has 0 fully saturated rings. The number of amides is 1. The molecule has 0 aliphatic carbocycles. The van der Waals surface area contributed by atoms with Crippen molar-refractivity contribution >= 4 is 17.7 Å². The molecule has 0 radical (unpaired) electrons. The summed E-state index contributed by atoms with van der Waals surface area (Å²) >= 11 is 0. The maximum absolute atomic E-state index is 11.0. The first-order chi connectivity index (χ1) is 10.0. The van der Waals surface area contributed by atoms with Crippen molar-refractivity contribution in [2.45, 2.75) is 0 Å². The molecule has 2 aromatic rings. The number of carbonyl (C=O) groups is 1. The van der Waals surface area contributed by atoms with Gasteiger partial charge in [-0.3, -0.25) is 14.9 Å². The number of primary amides is 1. The van der Waals surface area contributed by atoms with Crippen molar-refractivity contribution in [3.63, 3.8) is 0 Å². The summed E-state index contributed by atoms with van der Waals surface area (Å²) in [5.74, 6) is 0.435. The fraction of sp³-hybridized carbons (Fsp3) is 0.0714. The summed E-state index contributed by atoms with van der Waals surface area (Å²) in [6, 6.07) is 7.78. The molecule has 2 N–H and O–H groups in total. The summed E-state index contributed by atoms with van der Waals surface area (Å²) in [6.07, 6.45) is 2.59. The Labute approximate surface area is 119 Å². The molecule has 1 amide bonds. The zero-order valence-corrected chi connectivity index (χ0v) is 11.1. The van der Waals surface area contributed by atoms with Gasteiger partial charge in [-0.25, -0.2) is 0 Å². The molecule has 0 aliphatic heterocycles. The average Bonchev–Trinajstić information content (AvgIpc) is 2.93. The minimum Gasteiger partial charge on any atom is -0.490 e. The molecular formula is C14H12N2O5. The highest BCUT2D eigenvalue weighted by molar-refractivity contribution is 5.89. The lowest BCUT2D eigenvalue weighted by atomic mass is 10.1. The highest BCUT2D eigenvalue weighted by Crippen LogP contribution is 2.32. The molecule has 0 unspecified atom stereocenters. The Morgan fingerprint density at radius 1 is 1.38 bits per heavy atom. The van der Waals surface area contributed by atoms with E-state index in [4.69, 9.17) is 14.9 Å². The average molecular weight is 288 g/mol. The molecule has 1 aromatic heterocycles. The van der Waals surface area contributed by atoms with E-state index in [2.05, 4.69) is 0 Å². The minimum absolute atomic E-state index is 0.152. The van der Waals surface area contributed by atoms with Gasteiger partial charge in [0.15, 0.2) is 5.75 Å². The molecule has 108 valence electrons. The van der Waals surface area contributed by atoms with Crippen LogP contribution in [0.5, 0.6) is 5.75 Å². The summed E-state index contributed by atoms with van der Waals surface area (Å²) in [7, 11) is 1.36. The van der Waals surface area contributed by atoms with Crippen LogP contribution in [0.2, 0.25) is 0 Å². The molecule has 0 spiro atoms. The summed E-state index contributed by atoms with van der Waals surface area (Å²) < 4.78 is 10.4. The number of nitro benzene ring substituents is 1. The van der Waals surface area contributed by atoms with Crippen LogP contribution in [0, 0.1) is 10.1 Å². The number of nitrogens with zero attached hydrogens (tertiary/aromatic N) is 1. The Bertz CT molecular complexity index is 718. The van der Waals surface area contributed by atoms with Gasteiger partial charge in [0.2, 0.25) is 5.91 Å². The molecule has 2 rings (SSSR count). The second-order valence-corrected chi connectivity index (χ2v) is 4.08. The lowest BCUT2D eigenvalue weighted by Crippen LogP contribution is -2.04. The molecule has 0 saturated carbocycles. The van der Waals surface area contributed by atoms with Crippen LogP contribution in [-0.2, 0) is 4.79 Å². The predicted molar refractivity (Wildman–Crippen MR) is 75.6 cm³/mol. The van der Waals surface area contributed by atoms with Gasteiger partial charge in [0.25, 0.3) is 0 Å². The molecule has 0 bridgehead atoms. The van der Waals surface area contributed by atoms with Crippen LogP contribution in [0.15, 0.2) is 40.8 Å². The second-order valence-electron chi connectivity index (χ2n) is 4.08. The van der Waals surface area contributed by atoms with E-state index in [-0.39, 0.29) is 11.4 Å². The Kier molecular flexibility index (Phi) is 4.03. The van der Waals surface area contributed by atoms with Crippen LogP contribution in [-0.4, -0.2) is 17.9 Å². The Balaban J connectivity index is 2.36. The number of benzene rings is 1. The van der Waals surface area contributed by atoms with Crippen LogP contribution >= 0.6 is 0 Å². The lowest BCUT2D eigenvalue weighted by molar-refractivity contribution is -0.385. The van der Waals surface area contributed by atoms with E-state index in [1.165, 1.54) is 31.4 Å². The third-order valence-corrected chi connectivity index (χ3v) is 2.70. The van der Waals surface area contributed by atoms with Crippen molar-refractivity contribution in [3.05, 3.63) is 52.3 Å². The van der Waals surface area contributed by atoms with Crippen LogP contribution in [0.25, 0.3) is 17.4 Å². The third kappa shape index (κ3) is 3.27. The normalized spacial score (nSPS) is 10.7. The number of nitro groups is 1. The summed E-state index contributed by atoms with van der Waals surface area (Å²) in [6.45, 7) is 0. The predicted octanol–water partition coefficient (Wildman–Crippen LogP) is 2.36. The van der Waals surface area contributed by atoms with Gasteiger partial charge < -0.3 is 14.9 Å². The smallest absolute Gasteiger partial charge is 0.311 e. The van der Waals surface area contributed by atoms with Crippen molar-refractivity contribution in [3.8, 4) is 17.1 Å². The number of hydrogen-bond acceptors (Lipinski definition) is 5. The van der Waals surface area contributed by atoms with Gasteiger partial charge in [0.05, 0.1) is 12.0 Å². The summed E-state index contributed by atoms with van der Waals surface area (Å²) in [4.78, 5) is 21.1. The Hall–Kier alpha value is -3.09. The number of nitrogens with two attached hydrogens (primary N) is 1. The largest absolute Gasteiger partial charge is 0.490 e. The number of ether oxygens (including phenoxy) is 1. The van der Waals surface area contributed by atoms with Crippen molar-refractivity contribution in [2.24, 2.45) is 5.73 Å². The van der Waals surface area contributed by atoms with Crippen LogP contribution in [0.4, 0.5) is 5.69 Å². The lowest BCUT2D eigenvalue weighted by Gasteiger charge is -2.03. The van der Waals surface area contributed by atoms with Gasteiger partial charge in [-0.2, -0.15) is 0 Å². The summed E-state index contributed by atoms with van der Waals surface area (Å²) in [5, 5.41) is 11.0. The van der Waals surface area contributed by atoms with Crippen LogP contribution in [0.1, 0.15) is 5.76 Å². The first-order valence-electron chi connectivity index (χ1n) is 5.91. The molecule has 0 aliphatic rings. The fourth-order valence-corrected chi connectivity index (χ4v) is 1.75. The number of carbonyl (C=O) groups excluding carboxylic acids is 1. The molecule has 21 heavy (non-hydrogen) atoms. The van der Waals surface area contributed by atoms with Crippen molar-refractivity contribution in [2.75, 3.05) is 7.11 Å². The molecule has 0 atom stereocenters. The number of hydrogen-bond donors (Lipinski definition) is 1. The summed E-state index contributed by atoms with van der Waals surface area (Å²) in [5.41, 5.74) is 5.36. The van der Waals surface area contributed by atoms with E-state index in [0.717, 1.165) is 0 Å². The molecule has 1 heterocycles. The standard InChI is InChI=1S/C14H12N2O5/c1-20-13-5-2-9(8-11(13)16(18)19)12-6-3-10(21-12)4-7-14(15)17/h2-8H,1H3,(H2,15,17)/b7-4-. The van der Waals surface area contributed by atoms with E-state index in [1.807, 2.05) is 0 Å². The number of furan rings is 1. The van der Waals surface area contributed by atoms with E-state index in [0.29, 0.717) is 17.1 Å². The number of methoxy groups -OCH3 is 1. The fourth-order valence-electron chi connectivity index (χ4n) is 1.75. The van der Waals surface area contributed by atoms with Gasteiger partial charge in [0.1, 0.15) is 11.5 Å². The van der Waals surface area contributed by atoms with Crippen molar-refractivity contribution < 1.29 is 18.9 Å². The highest BCUT2D eigenvalue weighted by Gasteiger charge is 2.17. The van der Waals surface area contributed by atoms with Gasteiger partial charge in [-0.15, -0.1) is 0 Å². The van der Waals surface area contributed by atoms with Crippen LogP contribution in [0.3, 0.4) is 0 Å². The minimum atomic E-state index is -0.590. The zero-order chi connectivity index (χ0) is 15.4. The maximum atomic E-state index is 11.0. The van der Waals surface area contributed by atoms with Crippen LogP contribution < -0.4 is 10.5 Å². The topological polar surface area (TPSA) is 109 Å². The quantitative estimate of drug-likeness (QED) is 0.516. The monoisotopic (exact) mass is 288 g/mol. The van der Waals surface area contributed by atoms with Gasteiger partial charge in [0, 0.05) is 17.7 Å². The van der Waals surface area contributed by atoms with E-state index < -0.39 is 10.8 Å². The van der Waals surface area contributed by atoms with E-state index in [9.17, 15) is 14.9 Å². The highest BCUT2D eigenvalue weighted by atomic mass is 16.6. The first kappa shape index (κ1) is 14.3. The molecular weight excluding hydrogens is 276 g/mol. The molecule has 7 nitrogen and oxygen atoms in total. The zero-order valence-electron chi connectivity index (χ0n) is 11.1. The molecule has 1 aromatic carbocycles. The second kappa shape index (κ2) is 5.91. The molecule has 0 saturated heterocycles. The Morgan fingerprint density at radius 2 is 2.14 bits per heavy atom. The SMILES string of the molecule is COc1ccc(-c2ccc(/C=C\C(N)=O)o2)cc1[N+](=O)[O-]. The number of rotatable bonds is 5. The molecule has 7 heteroatoms. The van der Waals surface area contributed by atoms with Crippen molar-refractivity contribution in [1.29, 1.82) is 0 Å². The van der Waals surface area contributed by atoms with Gasteiger partial charge in [-0.05, 0) is 30.3 Å². The van der Waals surface area contributed by atoms with Gasteiger partial charge in [-0.1, -0.05) is 0 Å². The Morgan fingerprint density at radius 3 is 2.76 bits per heavy atom. The van der Waals surface area contributed by atoms with Gasteiger partial charge >= 0.3 is 5.69 Å². The first-order valence-corrected chi connectivity index (χ1v) is 5.91. The van der Waals surface area contributed by atoms with Crippen molar-refractivity contribution in [1.82, 2.24) is 0 Å². The van der Waals surface area contributed by atoms with E-state index in [1.54, 1.807) is 18.2 Å². The maximum Gasteiger partial charge on any atom is 0.311 e. The van der Waals surface area contributed by atoms with E-state index >= 15 is 0 Å².